The number of halogens is 4. The molecule has 0 radical (unpaired) electrons. The molecule has 1 aromatic heterocycles. The summed E-state index contributed by atoms with van der Waals surface area (Å²) in [7, 11) is 0. The summed E-state index contributed by atoms with van der Waals surface area (Å²) < 4.78 is 6.66. The SMILES string of the molecule is Clc1ccc(Sc2oc(C=Nc3ccc(Cl)c(Cl)c3)cc2Br)cc1. The molecule has 0 spiro atoms. The van der Waals surface area contributed by atoms with Crippen molar-refractivity contribution in [3.8, 4) is 0 Å². The van der Waals surface area contributed by atoms with E-state index in [1.165, 1.54) is 11.8 Å². The van der Waals surface area contributed by atoms with Gasteiger partial charge in [0.05, 0.1) is 26.4 Å². The Labute approximate surface area is 167 Å². The highest BCUT2D eigenvalue weighted by Gasteiger charge is 2.10. The van der Waals surface area contributed by atoms with E-state index in [2.05, 4.69) is 20.9 Å². The number of nitrogens with zero attached hydrogens (tertiary/aromatic N) is 1. The summed E-state index contributed by atoms with van der Waals surface area (Å²) in [5.41, 5.74) is 0.698. The Morgan fingerprint density at radius 3 is 2.42 bits per heavy atom. The first-order chi connectivity index (χ1) is 11.5. The Morgan fingerprint density at radius 1 is 0.958 bits per heavy atom. The number of benzene rings is 2. The number of hydrogen-bond donors (Lipinski definition) is 0. The second kappa shape index (κ2) is 7.98. The van der Waals surface area contributed by atoms with Crippen molar-refractivity contribution in [2.24, 2.45) is 4.99 Å². The van der Waals surface area contributed by atoms with Gasteiger partial charge in [-0.05, 0) is 58.4 Å². The number of furan rings is 1. The van der Waals surface area contributed by atoms with Crippen LogP contribution in [0.4, 0.5) is 5.69 Å². The minimum Gasteiger partial charge on any atom is -0.447 e. The highest BCUT2D eigenvalue weighted by Crippen LogP contribution is 2.36. The third-order valence-corrected chi connectivity index (χ3v) is 5.78. The maximum absolute atomic E-state index is 5.98. The van der Waals surface area contributed by atoms with Gasteiger partial charge in [0.1, 0.15) is 5.76 Å². The quantitative estimate of drug-likeness (QED) is 0.369. The van der Waals surface area contributed by atoms with Crippen LogP contribution in [0.25, 0.3) is 0 Å². The number of hydrogen-bond acceptors (Lipinski definition) is 3. The smallest absolute Gasteiger partial charge is 0.179 e. The van der Waals surface area contributed by atoms with E-state index in [1.807, 2.05) is 30.3 Å². The molecule has 0 aliphatic carbocycles. The lowest BCUT2D eigenvalue weighted by Crippen LogP contribution is -1.75. The molecular weight excluding hydrogens is 453 g/mol. The Morgan fingerprint density at radius 2 is 1.71 bits per heavy atom. The standard InChI is InChI=1S/C17H9BrCl3NOS/c18-14-8-12(9-22-11-3-6-15(20)16(21)7-11)23-17(14)24-13-4-1-10(19)2-5-13/h1-9H. The second-order valence-electron chi connectivity index (χ2n) is 4.70. The van der Waals surface area contributed by atoms with Crippen molar-refractivity contribution in [1.29, 1.82) is 0 Å². The van der Waals surface area contributed by atoms with E-state index in [4.69, 9.17) is 39.2 Å². The lowest BCUT2D eigenvalue weighted by atomic mass is 10.3. The average molecular weight is 462 g/mol. The van der Waals surface area contributed by atoms with Crippen molar-refractivity contribution in [2.75, 3.05) is 0 Å². The number of aliphatic imine (C=N–C) groups is 1. The van der Waals surface area contributed by atoms with Crippen molar-refractivity contribution in [3.05, 3.63) is 73.8 Å². The van der Waals surface area contributed by atoms with Crippen LogP contribution < -0.4 is 0 Å². The van der Waals surface area contributed by atoms with Crippen LogP contribution in [0.3, 0.4) is 0 Å². The van der Waals surface area contributed by atoms with Crippen LogP contribution in [-0.2, 0) is 0 Å². The first-order valence-corrected chi connectivity index (χ1v) is 9.47. The molecule has 3 aromatic rings. The van der Waals surface area contributed by atoms with E-state index in [1.54, 1.807) is 24.4 Å². The van der Waals surface area contributed by atoms with Crippen LogP contribution in [0.2, 0.25) is 15.1 Å². The van der Waals surface area contributed by atoms with Crippen LogP contribution in [0.15, 0.2) is 72.4 Å². The Hall–Kier alpha value is -0.910. The van der Waals surface area contributed by atoms with E-state index in [0.717, 1.165) is 14.5 Å². The van der Waals surface area contributed by atoms with Gasteiger partial charge in [-0.25, -0.2) is 0 Å². The van der Waals surface area contributed by atoms with E-state index >= 15 is 0 Å². The monoisotopic (exact) mass is 459 g/mol. The van der Waals surface area contributed by atoms with E-state index in [-0.39, 0.29) is 0 Å². The summed E-state index contributed by atoms with van der Waals surface area (Å²) in [6, 6.07) is 14.6. The van der Waals surface area contributed by atoms with Crippen LogP contribution >= 0.6 is 62.5 Å². The van der Waals surface area contributed by atoms with Gasteiger partial charge >= 0.3 is 0 Å². The van der Waals surface area contributed by atoms with Gasteiger partial charge in [-0.3, -0.25) is 4.99 Å². The van der Waals surface area contributed by atoms with Crippen LogP contribution in [0, 0.1) is 0 Å². The van der Waals surface area contributed by atoms with Crippen molar-refractivity contribution in [2.45, 2.75) is 9.99 Å². The molecule has 2 aromatic carbocycles. The summed E-state index contributed by atoms with van der Waals surface area (Å²) in [6.07, 6.45) is 1.64. The molecule has 0 N–H and O–H groups in total. The molecule has 0 unspecified atom stereocenters. The summed E-state index contributed by atoms with van der Waals surface area (Å²) in [6.45, 7) is 0. The van der Waals surface area contributed by atoms with E-state index < -0.39 is 0 Å². The van der Waals surface area contributed by atoms with Gasteiger partial charge in [0.15, 0.2) is 5.09 Å². The lowest BCUT2D eigenvalue weighted by molar-refractivity contribution is 0.466. The van der Waals surface area contributed by atoms with Gasteiger partial charge in [-0.15, -0.1) is 0 Å². The van der Waals surface area contributed by atoms with Gasteiger partial charge in [0.25, 0.3) is 0 Å². The van der Waals surface area contributed by atoms with Crippen LogP contribution in [0.5, 0.6) is 0 Å². The second-order valence-corrected chi connectivity index (χ2v) is 7.85. The first-order valence-electron chi connectivity index (χ1n) is 6.73. The van der Waals surface area contributed by atoms with Crippen molar-refractivity contribution >= 4 is 74.4 Å². The highest BCUT2D eigenvalue weighted by molar-refractivity contribution is 9.10. The maximum atomic E-state index is 5.98. The molecular formula is C17H9BrCl3NOS. The van der Waals surface area contributed by atoms with Crippen LogP contribution in [0.1, 0.15) is 5.76 Å². The first kappa shape index (κ1) is 17.9. The zero-order valence-electron chi connectivity index (χ0n) is 12.0. The molecule has 0 saturated heterocycles. The molecule has 0 bridgehead atoms. The van der Waals surface area contributed by atoms with Gasteiger partial charge in [-0.2, -0.15) is 0 Å². The molecule has 122 valence electrons. The number of rotatable bonds is 4. The van der Waals surface area contributed by atoms with Gasteiger partial charge in [0, 0.05) is 16.0 Å². The molecule has 1 heterocycles. The molecule has 0 aliphatic rings. The molecule has 0 atom stereocenters. The molecule has 7 heteroatoms. The average Bonchev–Trinajstić information content (AvgIpc) is 2.91. The fourth-order valence-corrected chi connectivity index (χ4v) is 3.56. The molecule has 0 amide bonds. The molecule has 24 heavy (non-hydrogen) atoms. The van der Waals surface area contributed by atoms with E-state index in [9.17, 15) is 0 Å². The predicted octanol–water partition coefficient (Wildman–Crippen LogP) is 7.90. The highest BCUT2D eigenvalue weighted by atomic mass is 79.9. The van der Waals surface area contributed by atoms with Gasteiger partial charge in [-0.1, -0.05) is 46.6 Å². The molecule has 2 nitrogen and oxygen atoms in total. The minimum atomic E-state index is 0.464. The summed E-state index contributed by atoms with van der Waals surface area (Å²) in [5.74, 6) is 0.629. The molecule has 0 aliphatic heterocycles. The maximum Gasteiger partial charge on any atom is 0.179 e. The zero-order valence-corrected chi connectivity index (χ0v) is 16.6. The van der Waals surface area contributed by atoms with E-state index in [0.29, 0.717) is 26.5 Å². The third kappa shape index (κ3) is 4.58. The summed E-state index contributed by atoms with van der Waals surface area (Å²) in [4.78, 5) is 5.37. The topological polar surface area (TPSA) is 25.5 Å². The fourth-order valence-electron chi connectivity index (χ4n) is 1.82. The van der Waals surface area contributed by atoms with Crippen molar-refractivity contribution in [3.63, 3.8) is 0 Å². The normalized spacial score (nSPS) is 11.3. The lowest BCUT2D eigenvalue weighted by Gasteiger charge is -1.99. The Bertz CT molecular complexity index is 893. The minimum absolute atomic E-state index is 0.464. The molecule has 0 fully saturated rings. The summed E-state index contributed by atoms with van der Waals surface area (Å²) in [5, 5.41) is 2.41. The molecule has 0 saturated carbocycles. The van der Waals surface area contributed by atoms with Gasteiger partial charge < -0.3 is 4.42 Å². The Kier molecular flexibility index (Phi) is 5.95. The van der Waals surface area contributed by atoms with Crippen LogP contribution in [-0.4, -0.2) is 6.21 Å². The predicted molar refractivity (Wildman–Crippen MR) is 106 cm³/mol. The Balaban J connectivity index is 1.76. The summed E-state index contributed by atoms with van der Waals surface area (Å²) >= 11 is 22.8. The third-order valence-electron chi connectivity index (χ3n) is 2.94. The largest absolute Gasteiger partial charge is 0.447 e. The van der Waals surface area contributed by atoms with Crippen molar-refractivity contribution < 1.29 is 4.42 Å². The fraction of sp³-hybridized carbons (Fsp3) is 0. The van der Waals surface area contributed by atoms with Gasteiger partial charge in [0.2, 0.25) is 0 Å². The molecule has 3 rings (SSSR count). The zero-order chi connectivity index (χ0) is 17.1. The van der Waals surface area contributed by atoms with Crippen molar-refractivity contribution in [1.82, 2.24) is 0 Å².